The van der Waals surface area contributed by atoms with Crippen LogP contribution in [-0.4, -0.2) is 34.1 Å². The van der Waals surface area contributed by atoms with E-state index in [1.165, 1.54) is 14.2 Å². The van der Waals surface area contributed by atoms with Crippen LogP contribution in [0.25, 0.3) is 16.7 Å². The van der Waals surface area contributed by atoms with Gasteiger partial charge in [0.1, 0.15) is 17.0 Å². The number of pyridine rings is 1. The van der Waals surface area contributed by atoms with Crippen LogP contribution in [0.2, 0.25) is 5.02 Å². The first-order valence-electron chi connectivity index (χ1n) is 10.8. The fourth-order valence-electron chi connectivity index (χ4n) is 4.03. The number of carbonyl (C=O) groups excluding carboxylic acids is 1. The van der Waals surface area contributed by atoms with Crippen molar-refractivity contribution in [2.45, 2.75) is 6.54 Å². The number of ether oxygens (including phenoxy) is 2. The molecule has 0 unspecified atom stereocenters. The quantitative estimate of drug-likeness (QED) is 0.377. The molecule has 3 aromatic heterocycles. The SMILES string of the molecule is COc1cc(OC)c(NC(=O)c2ccc(Cn3c(=O)c4cccn4c4cccnc43)cc2)cc1Cl. The van der Waals surface area contributed by atoms with Gasteiger partial charge in [0, 0.05) is 24.0 Å². The lowest BCUT2D eigenvalue weighted by Gasteiger charge is -2.14. The predicted molar refractivity (Wildman–Crippen MR) is 135 cm³/mol. The smallest absolute Gasteiger partial charge is 0.276 e. The number of nitrogens with zero attached hydrogens (tertiary/aromatic N) is 3. The molecule has 0 spiro atoms. The second kappa shape index (κ2) is 9.15. The van der Waals surface area contributed by atoms with E-state index in [9.17, 15) is 9.59 Å². The van der Waals surface area contributed by atoms with Crippen LogP contribution in [0.1, 0.15) is 15.9 Å². The summed E-state index contributed by atoms with van der Waals surface area (Å²) in [6.07, 6.45) is 3.52. The van der Waals surface area contributed by atoms with Crippen molar-refractivity contribution in [3.8, 4) is 11.5 Å². The lowest BCUT2D eigenvalue weighted by atomic mass is 10.1. The van der Waals surface area contributed by atoms with E-state index in [1.54, 1.807) is 41.1 Å². The number of nitrogens with one attached hydrogen (secondary N) is 1. The minimum atomic E-state index is -0.324. The number of methoxy groups -OCH3 is 2. The molecule has 3 heterocycles. The Bertz CT molecular complexity index is 1620. The van der Waals surface area contributed by atoms with E-state index in [4.69, 9.17) is 21.1 Å². The van der Waals surface area contributed by atoms with Crippen molar-refractivity contribution in [1.82, 2.24) is 14.0 Å². The normalized spacial score (nSPS) is 11.1. The van der Waals surface area contributed by atoms with Gasteiger partial charge in [0.25, 0.3) is 11.5 Å². The summed E-state index contributed by atoms with van der Waals surface area (Å²) < 4.78 is 14.0. The van der Waals surface area contributed by atoms with Crippen molar-refractivity contribution in [2.75, 3.05) is 19.5 Å². The molecule has 35 heavy (non-hydrogen) atoms. The highest BCUT2D eigenvalue weighted by atomic mass is 35.5. The van der Waals surface area contributed by atoms with Crippen LogP contribution in [0.5, 0.6) is 11.5 Å². The topological polar surface area (TPSA) is 86.9 Å². The van der Waals surface area contributed by atoms with Gasteiger partial charge in [-0.2, -0.15) is 0 Å². The van der Waals surface area contributed by atoms with Gasteiger partial charge in [-0.15, -0.1) is 0 Å². The highest BCUT2D eigenvalue weighted by molar-refractivity contribution is 6.32. The van der Waals surface area contributed by atoms with Gasteiger partial charge < -0.3 is 19.2 Å². The van der Waals surface area contributed by atoms with Gasteiger partial charge >= 0.3 is 0 Å². The molecule has 0 saturated heterocycles. The van der Waals surface area contributed by atoms with E-state index in [0.717, 1.165) is 11.1 Å². The average Bonchev–Trinajstić information content (AvgIpc) is 3.38. The number of hydrogen-bond donors (Lipinski definition) is 1. The molecule has 1 N–H and O–H groups in total. The van der Waals surface area contributed by atoms with E-state index < -0.39 is 0 Å². The minimum Gasteiger partial charge on any atom is -0.495 e. The Kier molecular flexibility index (Phi) is 5.88. The molecule has 0 aliphatic carbocycles. The Morgan fingerprint density at radius 3 is 2.49 bits per heavy atom. The molecule has 9 heteroatoms. The van der Waals surface area contributed by atoms with Crippen molar-refractivity contribution < 1.29 is 14.3 Å². The maximum absolute atomic E-state index is 13.1. The number of carbonyl (C=O) groups is 1. The average molecular weight is 489 g/mol. The van der Waals surface area contributed by atoms with Gasteiger partial charge in [0.05, 0.1) is 37.0 Å². The standard InChI is InChI=1S/C26H21ClN4O4/c1-34-22-14-23(35-2)19(13-18(22)27)29-25(32)17-9-7-16(8-10-17)15-31-24-20(5-3-11-28-24)30-12-4-6-21(30)26(31)33/h3-14H,15H2,1-2H3,(H,29,32). The van der Waals surface area contributed by atoms with Crippen LogP contribution in [0.4, 0.5) is 5.69 Å². The van der Waals surface area contributed by atoms with Crippen molar-refractivity contribution >= 4 is 39.9 Å². The lowest BCUT2D eigenvalue weighted by Crippen LogP contribution is -2.24. The van der Waals surface area contributed by atoms with Crippen LogP contribution in [-0.2, 0) is 6.54 Å². The maximum atomic E-state index is 13.1. The van der Waals surface area contributed by atoms with Gasteiger partial charge in [-0.3, -0.25) is 14.2 Å². The molecule has 1 amide bonds. The number of benzene rings is 2. The number of anilines is 1. The number of amides is 1. The summed E-state index contributed by atoms with van der Waals surface area (Å²) in [5.74, 6) is 0.548. The summed E-state index contributed by atoms with van der Waals surface area (Å²) in [4.78, 5) is 30.4. The Morgan fingerprint density at radius 2 is 1.74 bits per heavy atom. The molecule has 0 bridgehead atoms. The molecular formula is C26H21ClN4O4. The van der Waals surface area contributed by atoms with Crippen LogP contribution in [0.3, 0.4) is 0 Å². The monoisotopic (exact) mass is 488 g/mol. The predicted octanol–water partition coefficient (Wildman–Crippen LogP) is 4.62. The number of halogens is 1. The first-order chi connectivity index (χ1) is 17.0. The Labute approximate surface area is 205 Å². The molecule has 0 atom stereocenters. The maximum Gasteiger partial charge on any atom is 0.276 e. The van der Waals surface area contributed by atoms with Crippen molar-refractivity contribution in [3.05, 3.63) is 99.6 Å². The van der Waals surface area contributed by atoms with Gasteiger partial charge in [-0.05, 0) is 48.0 Å². The van der Waals surface area contributed by atoms with Gasteiger partial charge in [-0.1, -0.05) is 23.7 Å². The first kappa shape index (κ1) is 22.5. The van der Waals surface area contributed by atoms with Crippen molar-refractivity contribution in [1.29, 1.82) is 0 Å². The van der Waals surface area contributed by atoms with E-state index in [0.29, 0.717) is 45.5 Å². The molecule has 0 saturated carbocycles. The molecule has 176 valence electrons. The molecule has 2 aromatic carbocycles. The summed E-state index contributed by atoms with van der Waals surface area (Å²) in [5.41, 5.74) is 3.61. The zero-order chi connectivity index (χ0) is 24.5. The number of rotatable bonds is 6. The molecule has 0 radical (unpaired) electrons. The summed E-state index contributed by atoms with van der Waals surface area (Å²) >= 11 is 6.20. The molecule has 0 fully saturated rings. The number of aromatic nitrogens is 3. The zero-order valence-electron chi connectivity index (χ0n) is 19.0. The highest BCUT2D eigenvalue weighted by Crippen LogP contribution is 2.36. The first-order valence-corrected chi connectivity index (χ1v) is 11.1. The summed E-state index contributed by atoms with van der Waals surface area (Å²) in [6, 6.07) is 17.6. The van der Waals surface area contributed by atoms with E-state index in [1.807, 2.05) is 40.9 Å². The van der Waals surface area contributed by atoms with Crippen LogP contribution in [0.15, 0.2) is 77.9 Å². The van der Waals surface area contributed by atoms with Gasteiger partial charge in [0.15, 0.2) is 5.65 Å². The second-order valence-electron chi connectivity index (χ2n) is 7.84. The van der Waals surface area contributed by atoms with Gasteiger partial charge in [0.2, 0.25) is 0 Å². The second-order valence-corrected chi connectivity index (χ2v) is 8.25. The number of hydrogen-bond acceptors (Lipinski definition) is 5. The molecule has 8 nitrogen and oxygen atoms in total. The van der Waals surface area contributed by atoms with Crippen molar-refractivity contribution in [3.63, 3.8) is 0 Å². The minimum absolute atomic E-state index is 0.133. The van der Waals surface area contributed by atoms with Gasteiger partial charge in [-0.25, -0.2) is 4.98 Å². The summed E-state index contributed by atoms with van der Waals surface area (Å²) in [6.45, 7) is 0.317. The molecule has 0 aliphatic heterocycles. The Morgan fingerprint density at radius 1 is 1.00 bits per heavy atom. The molecule has 0 aliphatic rings. The third kappa shape index (κ3) is 4.08. The van der Waals surface area contributed by atoms with Crippen LogP contribution in [0, 0.1) is 0 Å². The largest absolute Gasteiger partial charge is 0.495 e. The summed E-state index contributed by atoms with van der Waals surface area (Å²) in [5, 5.41) is 3.17. The molecular weight excluding hydrogens is 468 g/mol. The van der Waals surface area contributed by atoms with E-state index in [2.05, 4.69) is 10.3 Å². The van der Waals surface area contributed by atoms with Crippen molar-refractivity contribution in [2.24, 2.45) is 0 Å². The fourth-order valence-corrected chi connectivity index (χ4v) is 4.27. The Hall–Kier alpha value is -4.30. The summed E-state index contributed by atoms with van der Waals surface area (Å²) in [7, 11) is 3.00. The fraction of sp³-hybridized carbons (Fsp3) is 0.115. The Balaban J connectivity index is 1.42. The van der Waals surface area contributed by atoms with Crippen LogP contribution < -0.4 is 20.3 Å². The zero-order valence-corrected chi connectivity index (χ0v) is 19.7. The molecule has 5 rings (SSSR count). The number of fused-ring (bicyclic) bond motifs is 3. The van der Waals surface area contributed by atoms with E-state index in [-0.39, 0.29) is 11.5 Å². The van der Waals surface area contributed by atoms with Crippen LogP contribution >= 0.6 is 11.6 Å². The third-order valence-electron chi connectivity index (χ3n) is 5.77. The van der Waals surface area contributed by atoms with E-state index >= 15 is 0 Å². The lowest BCUT2D eigenvalue weighted by molar-refractivity contribution is 0.102. The third-order valence-corrected chi connectivity index (χ3v) is 6.07. The highest BCUT2D eigenvalue weighted by Gasteiger charge is 2.15. The molecule has 5 aromatic rings.